The van der Waals surface area contributed by atoms with Crippen molar-refractivity contribution < 1.29 is 14.5 Å². The summed E-state index contributed by atoms with van der Waals surface area (Å²) in [4.78, 5) is 24.7. The minimum Gasteiger partial charge on any atom is -0.477 e. The third-order valence-corrected chi connectivity index (χ3v) is 3.61. The number of carbonyl (C=O) groups is 1. The topological polar surface area (TPSA) is 84.7 Å². The summed E-state index contributed by atoms with van der Waals surface area (Å²) in [6, 6.07) is 10.5. The molecule has 0 unspecified atom stereocenters. The highest BCUT2D eigenvalue weighted by atomic mass is 16.6. The van der Waals surface area contributed by atoms with E-state index in [0.717, 1.165) is 11.3 Å². The maximum absolute atomic E-state index is 12.0. The maximum Gasteiger partial charge on any atom is 0.311 e. The van der Waals surface area contributed by atoms with Crippen LogP contribution in [-0.2, 0) is 4.79 Å². The highest BCUT2D eigenvalue weighted by Crippen LogP contribution is 2.32. The fourth-order valence-corrected chi connectivity index (χ4v) is 2.43. The molecule has 0 spiro atoms. The van der Waals surface area contributed by atoms with E-state index in [-0.39, 0.29) is 24.0 Å². The zero-order valence-electron chi connectivity index (χ0n) is 14.7. The third-order valence-electron chi connectivity index (χ3n) is 3.61. The molecule has 25 heavy (non-hydrogen) atoms. The molecule has 0 fully saturated rings. The second-order valence-corrected chi connectivity index (χ2v) is 5.97. The van der Waals surface area contributed by atoms with Crippen LogP contribution in [0.1, 0.15) is 11.1 Å². The van der Waals surface area contributed by atoms with Crippen LogP contribution in [0.15, 0.2) is 36.4 Å². The van der Waals surface area contributed by atoms with Crippen LogP contribution in [0.3, 0.4) is 0 Å². The zero-order valence-corrected chi connectivity index (χ0v) is 14.7. The maximum atomic E-state index is 12.0. The van der Waals surface area contributed by atoms with E-state index in [9.17, 15) is 14.9 Å². The van der Waals surface area contributed by atoms with Gasteiger partial charge in [-0.1, -0.05) is 6.07 Å². The summed E-state index contributed by atoms with van der Waals surface area (Å²) in [7, 11) is 3.86. The molecule has 0 bridgehead atoms. The summed E-state index contributed by atoms with van der Waals surface area (Å²) in [6.45, 7) is 3.18. The first-order valence-electron chi connectivity index (χ1n) is 7.73. The van der Waals surface area contributed by atoms with Crippen LogP contribution < -0.4 is 15.0 Å². The van der Waals surface area contributed by atoms with Crippen LogP contribution in [0.5, 0.6) is 5.75 Å². The van der Waals surface area contributed by atoms with Gasteiger partial charge in [-0.3, -0.25) is 14.9 Å². The number of nitrogens with one attached hydrogen (secondary N) is 1. The van der Waals surface area contributed by atoms with Gasteiger partial charge in [0, 0.05) is 31.5 Å². The van der Waals surface area contributed by atoms with Crippen molar-refractivity contribution in [2.24, 2.45) is 0 Å². The fourth-order valence-electron chi connectivity index (χ4n) is 2.43. The van der Waals surface area contributed by atoms with Gasteiger partial charge in [0.2, 0.25) is 5.75 Å². The minimum atomic E-state index is -0.507. The Morgan fingerprint density at radius 1 is 1.20 bits per heavy atom. The van der Waals surface area contributed by atoms with Crippen molar-refractivity contribution in [1.29, 1.82) is 0 Å². The van der Waals surface area contributed by atoms with Gasteiger partial charge in [-0.05, 0) is 49.2 Å². The third kappa shape index (κ3) is 4.69. The van der Waals surface area contributed by atoms with Crippen molar-refractivity contribution in [3.63, 3.8) is 0 Å². The van der Waals surface area contributed by atoms with E-state index < -0.39 is 4.92 Å². The Labute approximate surface area is 146 Å². The van der Waals surface area contributed by atoms with Gasteiger partial charge >= 0.3 is 5.69 Å². The predicted molar refractivity (Wildman–Crippen MR) is 97.5 cm³/mol. The molecule has 0 heterocycles. The lowest BCUT2D eigenvalue weighted by atomic mass is 10.1. The number of hydrogen-bond acceptors (Lipinski definition) is 5. The Morgan fingerprint density at radius 3 is 2.40 bits per heavy atom. The molecular weight excluding hydrogens is 322 g/mol. The van der Waals surface area contributed by atoms with Crippen LogP contribution in [-0.4, -0.2) is 31.5 Å². The highest BCUT2D eigenvalue weighted by Gasteiger charge is 2.19. The van der Waals surface area contributed by atoms with E-state index in [1.807, 2.05) is 31.1 Å². The first-order chi connectivity index (χ1) is 11.8. The Balaban J connectivity index is 2.04. The van der Waals surface area contributed by atoms with E-state index >= 15 is 0 Å². The molecule has 1 N–H and O–H groups in total. The van der Waals surface area contributed by atoms with Crippen LogP contribution in [0.4, 0.5) is 17.1 Å². The molecule has 0 saturated heterocycles. The molecule has 0 atom stereocenters. The number of hydrogen-bond donors (Lipinski definition) is 1. The first kappa shape index (κ1) is 18.3. The van der Waals surface area contributed by atoms with E-state index in [1.165, 1.54) is 6.07 Å². The van der Waals surface area contributed by atoms with E-state index in [4.69, 9.17) is 4.74 Å². The van der Waals surface area contributed by atoms with Gasteiger partial charge in [-0.15, -0.1) is 0 Å². The Bertz CT molecular complexity index is 786. The highest BCUT2D eigenvalue weighted by molar-refractivity contribution is 5.92. The molecule has 0 aromatic heterocycles. The van der Waals surface area contributed by atoms with Gasteiger partial charge in [-0.2, -0.15) is 0 Å². The number of nitrogens with zero attached hydrogens (tertiary/aromatic N) is 2. The van der Waals surface area contributed by atoms with Gasteiger partial charge in [-0.25, -0.2) is 0 Å². The smallest absolute Gasteiger partial charge is 0.311 e. The Kier molecular flexibility index (Phi) is 5.59. The molecule has 7 nitrogen and oxygen atoms in total. The van der Waals surface area contributed by atoms with Gasteiger partial charge < -0.3 is 15.0 Å². The molecule has 0 radical (unpaired) electrons. The molecule has 0 aliphatic heterocycles. The molecule has 0 aliphatic rings. The number of anilines is 2. The second kappa shape index (κ2) is 7.65. The normalized spacial score (nSPS) is 10.2. The number of rotatable bonds is 6. The van der Waals surface area contributed by atoms with E-state index in [0.29, 0.717) is 11.3 Å². The summed E-state index contributed by atoms with van der Waals surface area (Å²) in [5, 5.41) is 13.9. The van der Waals surface area contributed by atoms with Crippen molar-refractivity contribution in [1.82, 2.24) is 0 Å². The van der Waals surface area contributed by atoms with Crippen molar-refractivity contribution >= 4 is 23.0 Å². The molecule has 0 aliphatic carbocycles. The van der Waals surface area contributed by atoms with Crippen LogP contribution in [0.25, 0.3) is 0 Å². The lowest BCUT2D eigenvalue weighted by molar-refractivity contribution is -0.385. The monoisotopic (exact) mass is 343 g/mol. The number of carbonyl (C=O) groups excluding carboxylic acids is 1. The predicted octanol–water partition coefficient (Wildman–Crippen LogP) is 3.30. The van der Waals surface area contributed by atoms with E-state index in [2.05, 4.69) is 5.32 Å². The molecule has 1 amide bonds. The SMILES string of the molecule is Cc1cc(C)c(OCC(=O)Nc2ccc(N(C)C)cc2)c([N+](=O)[O-])c1. The largest absolute Gasteiger partial charge is 0.477 e. The molecule has 2 rings (SSSR count). The summed E-state index contributed by atoms with van der Waals surface area (Å²) < 4.78 is 5.42. The molecule has 2 aromatic carbocycles. The summed E-state index contributed by atoms with van der Waals surface area (Å²) in [5.41, 5.74) is 2.90. The van der Waals surface area contributed by atoms with Gasteiger partial charge in [0.25, 0.3) is 5.91 Å². The number of nitro benzene ring substituents is 1. The number of aryl methyl sites for hydroxylation is 2. The number of benzene rings is 2. The van der Waals surface area contributed by atoms with E-state index in [1.54, 1.807) is 32.0 Å². The average Bonchev–Trinajstić information content (AvgIpc) is 2.53. The molecule has 2 aromatic rings. The minimum absolute atomic E-state index is 0.119. The average molecular weight is 343 g/mol. The second-order valence-electron chi connectivity index (χ2n) is 5.97. The summed E-state index contributed by atoms with van der Waals surface area (Å²) >= 11 is 0. The van der Waals surface area contributed by atoms with Crippen LogP contribution >= 0.6 is 0 Å². The van der Waals surface area contributed by atoms with Crippen molar-refractivity contribution in [3.05, 3.63) is 57.6 Å². The molecular formula is C18H21N3O4. The van der Waals surface area contributed by atoms with Gasteiger partial charge in [0.15, 0.2) is 6.61 Å². The standard InChI is InChI=1S/C18H21N3O4/c1-12-9-13(2)18(16(10-12)21(23)24)25-11-17(22)19-14-5-7-15(8-6-14)20(3)4/h5-10H,11H2,1-4H3,(H,19,22). The zero-order chi connectivity index (χ0) is 18.6. The Hall–Kier alpha value is -3.09. The van der Waals surface area contributed by atoms with Crippen molar-refractivity contribution in [3.8, 4) is 5.75 Å². The summed E-state index contributed by atoms with van der Waals surface area (Å²) in [6.07, 6.45) is 0. The molecule has 0 saturated carbocycles. The summed E-state index contributed by atoms with van der Waals surface area (Å²) in [5.74, 6) is -0.263. The number of ether oxygens (including phenoxy) is 1. The Morgan fingerprint density at radius 2 is 1.84 bits per heavy atom. The number of nitro groups is 1. The van der Waals surface area contributed by atoms with Crippen LogP contribution in [0.2, 0.25) is 0 Å². The molecule has 7 heteroatoms. The quantitative estimate of drug-likeness (QED) is 0.642. The van der Waals surface area contributed by atoms with Crippen molar-refractivity contribution in [2.75, 3.05) is 30.9 Å². The van der Waals surface area contributed by atoms with Gasteiger partial charge in [0.1, 0.15) is 0 Å². The first-order valence-corrected chi connectivity index (χ1v) is 7.73. The lowest BCUT2D eigenvalue weighted by Gasteiger charge is -2.13. The lowest BCUT2D eigenvalue weighted by Crippen LogP contribution is -2.20. The van der Waals surface area contributed by atoms with Crippen LogP contribution in [0, 0.1) is 24.0 Å². The van der Waals surface area contributed by atoms with Crippen molar-refractivity contribution in [2.45, 2.75) is 13.8 Å². The van der Waals surface area contributed by atoms with Gasteiger partial charge in [0.05, 0.1) is 4.92 Å². The number of amides is 1. The molecule has 132 valence electrons. The fraction of sp³-hybridized carbons (Fsp3) is 0.278.